The van der Waals surface area contributed by atoms with Gasteiger partial charge >= 0.3 is 5.97 Å². The molecular formula is C19H19N5O4S3. The minimum absolute atomic E-state index is 0.0257. The van der Waals surface area contributed by atoms with Crippen LogP contribution in [0, 0.1) is 0 Å². The van der Waals surface area contributed by atoms with Crippen LogP contribution < -0.4 is 5.32 Å². The van der Waals surface area contributed by atoms with E-state index in [0.717, 1.165) is 4.88 Å². The van der Waals surface area contributed by atoms with Crippen molar-refractivity contribution in [2.45, 2.75) is 37.7 Å². The van der Waals surface area contributed by atoms with Crippen LogP contribution in [0.2, 0.25) is 0 Å². The molecule has 2 aliphatic rings. The standard InChI is InChI=1S/C19H19N5O4S3/c1-9(2)22-23-19-20-7-12(31-19)11-8-30-17-14(16(26)24(17)15(11)18(27)28)21-13(25)6-10-4-3-5-29-10/h3-5,7,9,14,17H,6,8H2,1-2H3,(H,21,25)(H,27,28). The first kappa shape index (κ1) is 21.7. The van der Waals surface area contributed by atoms with Gasteiger partial charge in [0.1, 0.15) is 17.1 Å². The molecular weight excluding hydrogens is 458 g/mol. The zero-order valence-corrected chi connectivity index (χ0v) is 19.1. The normalized spacial score (nSPS) is 20.9. The molecule has 12 heteroatoms. The van der Waals surface area contributed by atoms with Gasteiger partial charge < -0.3 is 10.4 Å². The van der Waals surface area contributed by atoms with Gasteiger partial charge in [0.25, 0.3) is 5.91 Å². The number of carboxylic acid groups (broad SMARTS) is 1. The molecule has 2 atom stereocenters. The van der Waals surface area contributed by atoms with Gasteiger partial charge in [0, 0.05) is 22.4 Å². The summed E-state index contributed by atoms with van der Waals surface area (Å²) in [4.78, 5) is 44.1. The average Bonchev–Trinajstić information content (AvgIpc) is 3.41. The van der Waals surface area contributed by atoms with Crippen molar-refractivity contribution >= 4 is 62.9 Å². The molecule has 1 saturated heterocycles. The van der Waals surface area contributed by atoms with Crippen LogP contribution in [0.1, 0.15) is 23.6 Å². The first-order valence-corrected chi connectivity index (χ1v) is 12.2. The molecule has 2 aliphatic heterocycles. The highest BCUT2D eigenvalue weighted by Crippen LogP contribution is 2.44. The number of aromatic nitrogens is 1. The summed E-state index contributed by atoms with van der Waals surface area (Å²) >= 11 is 4.13. The summed E-state index contributed by atoms with van der Waals surface area (Å²) in [6, 6.07) is 3.01. The average molecular weight is 478 g/mol. The van der Waals surface area contributed by atoms with Crippen molar-refractivity contribution in [1.29, 1.82) is 0 Å². The number of thiazole rings is 1. The van der Waals surface area contributed by atoms with E-state index >= 15 is 0 Å². The Labute approximate surface area is 190 Å². The lowest BCUT2D eigenvalue weighted by molar-refractivity contribution is -0.150. The molecule has 0 saturated carbocycles. The SMILES string of the molecule is CC(C)N=Nc1ncc(C2=C(C(=O)O)N3C(=O)C(NC(=O)Cc4cccs4)C3SC2)s1. The Morgan fingerprint density at radius 2 is 2.23 bits per heavy atom. The van der Waals surface area contributed by atoms with Crippen LogP contribution in [-0.2, 0) is 20.8 Å². The number of carboxylic acids is 1. The number of azo groups is 1. The number of aliphatic carboxylic acids is 1. The van der Waals surface area contributed by atoms with Gasteiger partial charge in [0.05, 0.1) is 17.3 Å². The van der Waals surface area contributed by atoms with E-state index < -0.39 is 23.3 Å². The molecule has 0 bridgehead atoms. The minimum Gasteiger partial charge on any atom is -0.477 e. The van der Waals surface area contributed by atoms with E-state index in [1.807, 2.05) is 31.4 Å². The van der Waals surface area contributed by atoms with Gasteiger partial charge in [-0.05, 0) is 25.3 Å². The predicted molar refractivity (Wildman–Crippen MR) is 119 cm³/mol. The smallest absolute Gasteiger partial charge is 0.353 e. The lowest BCUT2D eigenvalue weighted by Crippen LogP contribution is -2.70. The van der Waals surface area contributed by atoms with Gasteiger partial charge in [-0.2, -0.15) is 5.11 Å². The van der Waals surface area contributed by atoms with Gasteiger partial charge in [-0.15, -0.1) is 28.2 Å². The highest BCUT2D eigenvalue weighted by molar-refractivity contribution is 8.00. The van der Waals surface area contributed by atoms with Crippen molar-refractivity contribution < 1.29 is 19.5 Å². The van der Waals surface area contributed by atoms with Crippen LogP contribution >= 0.6 is 34.4 Å². The number of hydrogen-bond acceptors (Lipinski definition) is 9. The number of hydrogen-bond donors (Lipinski definition) is 2. The molecule has 4 heterocycles. The molecule has 0 spiro atoms. The summed E-state index contributed by atoms with van der Waals surface area (Å²) in [7, 11) is 0. The minimum atomic E-state index is -1.18. The van der Waals surface area contributed by atoms with E-state index in [1.165, 1.54) is 39.3 Å². The van der Waals surface area contributed by atoms with Gasteiger partial charge in [0.2, 0.25) is 11.0 Å². The maximum Gasteiger partial charge on any atom is 0.353 e. The highest BCUT2D eigenvalue weighted by Gasteiger charge is 2.54. The highest BCUT2D eigenvalue weighted by atomic mass is 32.2. The number of nitrogens with zero attached hydrogens (tertiary/aromatic N) is 4. The van der Waals surface area contributed by atoms with Crippen molar-refractivity contribution in [3.05, 3.63) is 39.2 Å². The maximum absolute atomic E-state index is 12.8. The molecule has 2 aromatic heterocycles. The molecule has 0 aliphatic carbocycles. The number of thiophene rings is 1. The van der Waals surface area contributed by atoms with Crippen LogP contribution in [0.4, 0.5) is 5.13 Å². The second-order valence-corrected chi connectivity index (χ2v) is 10.3. The Bertz CT molecular complexity index is 1080. The van der Waals surface area contributed by atoms with Crippen LogP contribution in [0.3, 0.4) is 0 Å². The number of β-lactam (4-membered cyclic amide) rings is 1. The lowest BCUT2D eigenvalue weighted by atomic mass is 10.0. The van der Waals surface area contributed by atoms with Gasteiger partial charge in [0.15, 0.2) is 0 Å². The fourth-order valence-corrected chi connectivity index (χ4v) is 6.17. The first-order chi connectivity index (χ1) is 14.8. The fourth-order valence-electron chi connectivity index (χ4n) is 3.22. The van der Waals surface area contributed by atoms with E-state index in [-0.39, 0.29) is 24.1 Å². The number of thioether (sulfide) groups is 1. The van der Waals surface area contributed by atoms with E-state index in [9.17, 15) is 19.5 Å². The number of carbonyl (C=O) groups is 3. The Hall–Kier alpha value is -2.57. The zero-order chi connectivity index (χ0) is 22.1. The number of fused-ring (bicyclic) bond motifs is 1. The first-order valence-electron chi connectivity index (χ1n) is 9.45. The number of rotatable bonds is 7. The summed E-state index contributed by atoms with van der Waals surface area (Å²) in [5.74, 6) is -1.47. The summed E-state index contributed by atoms with van der Waals surface area (Å²) in [6.07, 6.45) is 1.75. The zero-order valence-electron chi connectivity index (χ0n) is 16.6. The van der Waals surface area contributed by atoms with Crippen molar-refractivity contribution in [3.63, 3.8) is 0 Å². The van der Waals surface area contributed by atoms with Crippen molar-refractivity contribution in [2.24, 2.45) is 10.2 Å². The number of carbonyl (C=O) groups excluding carboxylic acids is 2. The topological polar surface area (TPSA) is 124 Å². The molecule has 31 heavy (non-hydrogen) atoms. The molecule has 2 aromatic rings. The predicted octanol–water partition coefficient (Wildman–Crippen LogP) is 3.14. The van der Waals surface area contributed by atoms with Crippen LogP contribution in [0.5, 0.6) is 0 Å². The lowest BCUT2D eigenvalue weighted by Gasteiger charge is -2.49. The molecule has 4 rings (SSSR count). The van der Waals surface area contributed by atoms with Crippen molar-refractivity contribution in [2.75, 3.05) is 5.75 Å². The summed E-state index contributed by atoms with van der Waals surface area (Å²) in [5, 5.41) is 22.6. The number of nitrogens with one attached hydrogen (secondary N) is 1. The third-order valence-electron chi connectivity index (χ3n) is 4.57. The van der Waals surface area contributed by atoms with Crippen LogP contribution in [0.15, 0.2) is 39.6 Å². The van der Waals surface area contributed by atoms with Crippen molar-refractivity contribution in [3.8, 4) is 0 Å². The Balaban J connectivity index is 1.52. The van der Waals surface area contributed by atoms with E-state index in [1.54, 1.807) is 6.20 Å². The van der Waals surface area contributed by atoms with Gasteiger partial charge in [-0.1, -0.05) is 17.4 Å². The van der Waals surface area contributed by atoms with Gasteiger partial charge in [-0.25, -0.2) is 9.78 Å². The molecule has 1 fully saturated rings. The Kier molecular flexibility index (Phi) is 6.21. The summed E-state index contributed by atoms with van der Waals surface area (Å²) in [6.45, 7) is 3.79. The van der Waals surface area contributed by atoms with Crippen LogP contribution in [0.25, 0.3) is 5.57 Å². The van der Waals surface area contributed by atoms with E-state index in [4.69, 9.17) is 0 Å². The third-order valence-corrected chi connectivity index (χ3v) is 7.66. The van der Waals surface area contributed by atoms with Crippen molar-refractivity contribution in [1.82, 2.24) is 15.2 Å². The maximum atomic E-state index is 12.8. The monoisotopic (exact) mass is 477 g/mol. The third kappa shape index (κ3) is 4.41. The largest absolute Gasteiger partial charge is 0.477 e. The quantitative estimate of drug-likeness (QED) is 0.466. The molecule has 0 aromatic carbocycles. The molecule has 2 N–H and O–H groups in total. The van der Waals surface area contributed by atoms with E-state index in [2.05, 4.69) is 20.5 Å². The van der Waals surface area contributed by atoms with Crippen LogP contribution in [-0.4, -0.2) is 56.0 Å². The molecule has 2 amide bonds. The second-order valence-electron chi connectivity index (χ2n) is 7.16. The second kappa shape index (κ2) is 8.89. The fraction of sp³-hybridized carbons (Fsp3) is 0.368. The molecule has 0 radical (unpaired) electrons. The molecule has 9 nitrogen and oxygen atoms in total. The summed E-state index contributed by atoms with van der Waals surface area (Å²) in [5.41, 5.74) is 0.461. The Morgan fingerprint density at radius 1 is 1.42 bits per heavy atom. The Morgan fingerprint density at radius 3 is 2.90 bits per heavy atom. The van der Waals surface area contributed by atoms with E-state index in [0.29, 0.717) is 21.3 Å². The molecule has 162 valence electrons. The number of amides is 2. The molecule has 2 unspecified atom stereocenters. The van der Waals surface area contributed by atoms with Gasteiger partial charge in [-0.3, -0.25) is 14.5 Å². The summed E-state index contributed by atoms with van der Waals surface area (Å²) < 4.78 is 0.